The van der Waals surface area contributed by atoms with Crippen LogP contribution in [-0.4, -0.2) is 32.1 Å². The summed E-state index contributed by atoms with van der Waals surface area (Å²) in [6.07, 6.45) is 3.46. The molecule has 0 aromatic heterocycles. The summed E-state index contributed by atoms with van der Waals surface area (Å²) in [5.41, 5.74) is 6.88. The van der Waals surface area contributed by atoms with E-state index in [0.717, 1.165) is 31.6 Å². The largest absolute Gasteiger partial charge is 0.367 e. The van der Waals surface area contributed by atoms with E-state index in [1.807, 2.05) is 13.1 Å². The fourth-order valence-electron chi connectivity index (χ4n) is 2.72. The Kier molecular flexibility index (Phi) is 4.66. The molecule has 1 atom stereocenters. The first-order valence-corrected chi connectivity index (χ1v) is 7.02. The molecule has 19 heavy (non-hydrogen) atoms. The number of nitrogens with two attached hydrogens (primary N) is 1. The Labute approximate surface area is 118 Å². The number of piperidine rings is 1. The molecule has 104 valence electrons. The molecule has 2 rings (SSSR count). The quantitative estimate of drug-likeness (QED) is 0.888. The van der Waals surface area contributed by atoms with E-state index in [1.54, 1.807) is 12.1 Å². The van der Waals surface area contributed by atoms with Gasteiger partial charge in [-0.2, -0.15) is 0 Å². The molecule has 1 fully saturated rings. The highest BCUT2D eigenvalue weighted by Crippen LogP contribution is 2.30. The molecule has 5 heteroatoms. The number of halogens is 1. The zero-order chi connectivity index (χ0) is 13.8. The topological polar surface area (TPSA) is 58.4 Å². The Hall–Kier alpha value is -1.26. The van der Waals surface area contributed by atoms with Gasteiger partial charge in [-0.15, -0.1) is 0 Å². The van der Waals surface area contributed by atoms with Crippen LogP contribution < -0.4 is 16.0 Å². The Morgan fingerprint density at radius 3 is 3.00 bits per heavy atom. The number of likely N-dealkylation sites (N-methyl/N-ethyl adjacent to an activating group) is 1. The number of primary amides is 1. The molecular weight excluding hydrogens is 262 g/mol. The van der Waals surface area contributed by atoms with Crippen molar-refractivity contribution in [3.63, 3.8) is 0 Å². The van der Waals surface area contributed by atoms with Crippen LogP contribution in [0.3, 0.4) is 0 Å². The van der Waals surface area contributed by atoms with Crippen molar-refractivity contribution in [3.8, 4) is 0 Å². The highest BCUT2D eigenvalue weighted by molar-refractivity contribution is 6.31. The molecule has 1 aliphatic heterocycles. The smallest absolute Gasteiger partial charge is 0.250 e. The molecule has 3 N–H and O–H groups in total. The molecule has 1 unspecified atom stereocenters. The maximum absolute atomic E-state index is 11.6. The van der Waals surface area contributed by atoms with Crippen molar-refractivity contribution in [2.75, 3.05) is 25.0 Å². The van der Waals surface area contributed by atoms with E-state index in [1.165, 1.54) is 6.42 Å². The van der Waals surface area contributed by atoms with E-state index in [4.69, 9.17) is 17.3 Å². The summed E-state index contributed by atoms with van der Waals surface area (Å²) in [5, 5.41) is 3.84. The lowest BCUT2D eigenvalue weighted by Gasteiger charge is -2.38. The summed E-state index contributed by atoms with van der Waals surface area (Å²) in [6.45, 7) is 1.83. The molecule has 4 nitrogen and oxygen atoms in total. The average molecular weight is 282 g/mol. The van der Waals surface area contributed by atoms with Crippen molar-refractivity contribution in [1.29, 1.82) is 0 Å². The first-order valence-electron chi connectivity index (χ1n) is 6.64. The molecule has 0 radical (unpaired) electrons. The van der Waals surface area contributed by atoms with Crippen molar-refractivity contribution < 1.29 is 4.79 Å². The van der Waals surface area contributed by atoms with E-state index in [0.29, 0.717) is 16.6 Å². The van der Waals surface area contributed by atoms with Crippen molar-refractivity contribution in [3.05, 3.63) is 28.8 Å². The van der Waals surface area contributed by atoms with Crippen LogP contribution in [0.25, 0.3) is 0 Å². The molecule has 0 aliphatic carbocycles. The van der Waals surface area contributed by atoms with E-state index in [9.17, 15) is 4.79 Å². The van der Waals surface area contributed by atoms with Gasteiger partial charge in [0, 0.05) is 24.2 Å². The van der Waals surface area contributed by atoms with Crippen molar-refractivity contribution >= 4 is 23.2 Å². The lowest BCUT2D eigenvalue weighted by molar-refractivity contribution is 0.100. The van der Waals surface area contributed by atoms with Gasteiger partial charge in [0.1, 0.15) is 0 Å². The number of hydrogen-bond donors (Lipinski definition) is 2. The molecule has 0 saturated carbocycles. The van der Waals surface area contributed by atoms with Crippen LogP contribution in [-0.2, 0) is 0 Å². The van der Waals surface area contributed by atoms with E-state index >= 15 is 0 Å². The number of benzene rings is 1. The van der Waals surface area contributed by atoms with Gasteiger partial charge < -0.3 is 16.0 Å². The van der Waals surface area contributed by atoms with Gasteiger partial charge >= 0.3 is 0 Å². The molecule has 1 amide bonds. The fourth-order valence-corrected chi connectivity index (χ4v) is 2.88. The number of rotatable bonds is 4. The van der Waals surface area contributed by atoms with Crippen LogP contribution in [0.15, 0.2) is 18.2 Å². The summed E-state index contributed by atoms with van der Waals surface area (Å²) in [4.78, 5) is 13.8. The lowest BCUT2D eigenvalue weighted by Crippen LogP contribution is -2.45. The lowest BCUT2D eigenvalue weighted by atomic mass is 9.99. The Morgan fingerprint density at radius 1 is 1.53 bits per heavy atom. The normalized spacial score (nSPS) is 19.5. The van der Waals surface area contributed by atoms with Gasteiger partial charge in [-0.1, -0.05) is 11.6 Å². The van der Waals surface area contributed by atoms with E-state index in [2.05, 4.69) is 10.2 Å². The summed E-state index contributed by atoms with van der Waals surface area (Å²) in [6, 6.07) is 5.65. The third kappa shape index (κ3) is 3.19. The molecule has 1 heterocycles. The van der Waals surface area contributed by atoms with E-state index < -0.39 is 5.91 Å². The summed E-state index contributed by atoms with van der Waals surface area (Å²) < 4.78 is 0. The summed E-state index contributed by atoms with van der Waals surface area (Å²) in [7, 11) is 1.94. The molecule has 1 aromatic rings. The van der Waals surface area contributed by atoms with Gasteiger partial charge in [-0.05, 0) is 44.5 Å². The Morgan fingerprint density at radius 2 is 2.32 bits per heavy atom. The van der Waals surface area contributed by atoms with Crippen LogP contribution in [0.2, 0.25) is 5.02 Å². The summed E-state index contributed by atoms with van der Waals surface area (Å²) >= 11 is 6.07. The number of amides is 1. The van der Waals surface area contributed by atoms with Gasteiger partial charge in [-0.3, -0.25) is 4.79 Å². The number of carbonyl (C=O) groups excluding carboxylic acids is 1. The maximum atomic E-state index is 11.6. The standard InChI is InChI=1S/C14H20ClN3O/c1-17-9-11-4-2-3-7-18(11)13-8-10(15)5-6-12(13)14(16)19/h5-6,8,11,17H,2-4,7,9H2,1H3,(H2,16,19). The molecule has 1 saturated heterocycles. The minimum absolute atomic E-state index is 0.385. The first kappa shape index (κ1) is 14.2. The number of anilines is 1. The number of nitrogens with one attached hydrogen (secondary N) is 1. The molecular formula is C14H20ClN3O. The van der Waals surface area contributed by atoms with Gasteiger partial charge in [0.05, 0.1) is 11.3 Å². The molecule has 1 aliphatic rings. The number of nitrogens with zero attached hydrogens (tertiary/aromatic N) is 1. The zero-order valence-electron chi connectivity index (χ0n) is 11.2. The van der Waals surface area contributed by atoms with Gasteiger partial charge in [0.25, 0.3) is 5.91 Å². The van der Waals surface area contributed by atoms with Crippen LogP contribution in [0, 0.1) is 0 Å². The minimum Gasteiger partial charge on any atom is -0.367 e. The summed E-state index contributed by atoms with van der Waals surface area (Å²) in [5.74, 6) is -0.402. The third-order valence-corrected chi connectivity index (χ3v) is 3.84. The second-order valence-corrected chi connectivity index (χ2v) is 5.36. The average Bonchev–Trinajstić information content (AvgIpc) is 2.39. The minimum atomic E-state index is -0.402. The maximum Gasteiger partial charge on any atom is 0.250 e. The van der Waals surface area contributed by atoms with Crippen LogP contribution in [0.1, 0.15) is 29.6 Å². The highest BCUT2D eigenvalue weighted by atomic mass is 35.5. The monoisotopic (exact) mass is 281 g/mol. The zero-order valence-corrected chi connectivity index (χ0v) is 11.9. The van der Waals surface area contributed by atoms with Crippen molar-refractivity contribution in [2.24, 2.45) is 5.73 Å². The van der Waals surface area contributed by atoms with Crippen molar-refractivity contribution in [2.45, 2.75) is 25.3 Å². The second kappa shape index (κ2) is 6.26. The fraction of sp³-hybridized carbons (Fsp3) is 0.500. The van der Waals surface area contributed by atoms with Gasteiger partial charge in [-0.25, -0.2) is 0 Å². The SMILES string of the molecule is CNCC1CCCCN1c1cc(Cl)ccc1C(N)=O. The number of carbonyl (C=O) groups is 1. The molecule has 0 spiro atoms. The second-order valence-electron chi connectivity index (χ2n) is 4.93. The predicted octanol–water partition coefficient (Wildman–Crippen LogP) is 2.02. The van der Waals surface area contributed by atoms with Crippen LogP contribution in [0.4, 0.5) is 5.69 Å². The first-order chi connectivity index (χ1) is 9.13. The van der Waals surface area contributed by atoms with Crippen molar-refractivity contribution in [1.82, 2.24) is 5.32 Å². The van der Waals surface area contributed by atoms with Crippen LogP contribution in [0.5, 0.6) is 0 Å². The Balaban J connectivity index is 2.37. The third-order valence-electron chi connectivity index (χ3n) is 3.60. The molecule has 1 aromatic carbocycles. The van der Waals surface area contributed by atoms with Crippen LogP contribution >= 0.6 is 11.6 Å². The van der Waals surface area contributed by atoms with Gasteiger partial charge in [0.2, 0.25) is 0 Å². The number of hydrogen-bond acceptors (Lipinski definition) is 3. The molecule has 0 bridgehead atoms. The van der Waals surface area contributed by atoms with E-state index in [-0.39, 0.29) is 0 Å². The van der Waals surface area contributed by atoms with Gasteiger partial charge in [0.15, 0.2) is 0 Å². The predicted molar refractivity (Wildman–Crippen MR) is 78.9 cm³/mol. The highest BCUT2D eigenvalue weighted by Gasteiger charge is 2.25. The Bertz CT molecular complexity index is 462.